The maximum atomic E-state index is 12.7. The molecule has 1 aromatic heterocycles. The molecule has 1 aliphatic rings. The number of nitrogens with zero attached hydrogens (tertiary/aromatic N) is 4. The van der Waals surface area contributed by atoms with Crippen LogP contribution in [0.25, 0.3) is 5.69 Å². The number of hydrogen-bond acceptors (Lipinski definition) is 4. The number of anilines is 2. The van der Waals surface area contributed by atoms with Gasteiger partial charge in [0.15, 0.2) is 0 Å². The largest absolute Gasteiger partial charge is 0.353 e. The van der Waals surface area contributed by atoms with Crippen molar-refractivity contribution in [3.05, 3.63) is 81.1 Å². The molecule has 1 saturated heterocycles. The molecule has 160 valence electrons. The molecular weight excluding hydrogens is 458 g/mol. The number of hydrogen-bond donors (Lipinski definition) is 1. The number of benzene rings is 2. The zero-order chi connectivity index (χ0) is 21.8. The highest BCUT2D eigenvalue weighted by Gasteiger charge is 2.21. The third-order valence-electron chi connectivity index (χ3n) is 5.29. The van der Waals surface area contributed by atoms with E-state index in [2.05, 4.69) is 31.2 Å². The Kier molecular flexibility index (Phi) is 6.36. The Balaban J connectivity index is 1.47. The molecule has 0 spiro atoms. The van der Waals surface area contributed by atoms with Gasteiger partial charge in [-0.2, -0.15) is 4.68 Å². The molecule has 0 aliphatic carbocycles. The number of amides is 2. The SMILES string of the molecule is Cc1ccc(-n2nc(N3CCCN(C(=O)Nc4ccccc4Br)CC3)ccc2=O)cc1. The lowest BCUT2D eigenvalue weighted by Crippen LogP contribution is -2.38. The lowest BCUT2D eigenvalue weighted by molar-refractivity contribution is 0.215. The fraction of sp³-hybridized carbons (Fsp3) is 0.261. The first-order chi connectivity index (χ1) is 15.0. The number of rotatable bonds is 3. The first-order valence-corrected chi connectivity index (χ1v) is 11.0. The zero-order valence-electron chi connectivity index (χ0n) is 17.3. The van der Waals surface area contributed by atoms with E-state index in [4.69, 9.17) is 0 Å². The van der Waals surface area contributed by atoms with E-state index in [0.29, 0.717) is 19.6 Å². The van der Waals surface area contributed by atoms with Crippen LogP contribution >= 0.6 is 15.9 Å². The third kappa shape index (κ3) is 4.96. The van der Waals surface area contributed by atoms with Crippen molar-refractivity contribution in [2.24, 2.45) is 0 Å². The second-order valence-electron chi connectivity index (χ2n) is 7.51. The minimum absolute atomic E-state index is 0.119. The average molecular weight is 482 g/mol. The summed E-state index contributed by atoms with van der Waals surface area (Å²) in [6, 6.07) is 18.4. The first-order valence-electron chi connectivity index (χ1n) is 10.2. The van der Waals surface area contributed by atoms with E-state index in [1.54, 1.807) is 12.1 Å². The molecule has 0 atom stereocenters. The van der Waals surface area contributed by atoms with Gasteiger partial charge >= 0.3 is 6.03 Å². The van der Waals surface area contributed by atoms with Crippen molar-refractivity contribution in [3.63, 3.8) is 0 Å². The summed E-state index contributed by atoms with van der Waals surface area (Å²) in [5.41, 5.74) is 2.44. The van der Waals surface area contributed by atoms with Crippen LogP contribution in [0.5, 0.6) is 0 Å². The zero-order valence-corrected chi connectivity index (χ0v) is 18.9. The molecule has 0 unspecified atom stereocenters. The predicted molar refractivity (Wildman–Crippen MR) is 126 cm³/mol. The van der Waals surface area contributed by atoms with Crippen molar-refractivity contribution in [1.29, 1.82) is 0 Å². The van der Waals surface area contributed by atoms with E-state index < -0.39 is 0 Å². The number of halogens is 1. The molecule has 2 amide bonds. The summed E-state index contributed by atoms with van der Waals surface area (Å²) in [5.74, 6) is 0.730. The summed E-state index contributed by atoms with van der Waals surface area (Å²) >= 11 is 3.46. The molecule has 0 radical (unpaired) electrons. The van der Waals surface area contributed by atoms with E-state index >= 15 is 0 Å². The van der Waals surface area contributed by atoms with Gasteiger partial charge in [-0.15, -0.1) is 5.10 Å². The number of aromatic nitrogens is 2. The summed E-state index contributed by atoms with van der Waals surface area (Å²) in [6.45, 7) is 4.64. The van der Waals surface area contributed by atoms with Gasteiger partial charge in [0.05, 0.1) is 11.4 Å². The molecule has 4 rings (SSSR count). The number of nitrogens with one attached hydrogen (secondary N) is 1. The number of para-hydroxylation sites is 1. The number of urea groups is 1. The van der Waals surface area contributed by atoms with E-state index in [1.165, 1.54) is 4.68 Å². The van der Waals surface area contributed by atoms with Crippen LogP contribution in [-0.4, -0.2) is 46.9 Å². The van der Waals surface area contributed by atoms with Gasteiger partial charge in [0.2, 0.25) is 0 Å². The van der Waals surface area contributed by atoms with Crippen molar-refractivity contribution in [1.82, 2.24) is 14.7 Å². The molecule has 1 fully saturated rings. The normalized spacial score (nSPS) is 14.3. The minimum Gasteiger partial charge on any atom is -0.353 e. The lowest BCUT2D eigenvalue weighted by Gasteiger charge is -2.23. The van der Waals surface area contributed by atoms with Crippen LogP contribution in [0.1, 0.15) is 12.0 Å². The molecule has 0 bridgehead atoms. The van der Waals surface area contributed by atoms with Crippen molar-refractivity contribution in [2.75, 3.05) is 36.4 Å². The number of carbonyl (C=O) groups excluding carboxylic acids is 1. The number of aryl methyl sites for hydroxylation is 1. The molecule has 2 aromatic carbocycles. The van der Waals surface area contributed by atoms with Crippen LogP contribution in [0.2, 0.25) is 0 Å². The Morgan fingerprint density at radius 2 is 1.74 bits per heavy atom. The first kappa shape index (κ1) is 21.1. The van der Waals surface area contributed by atoms with E-state index in [9.17, 15) is 9.59 Å². The highest BCUT2D eigenvalue weighted by atomic mass is 79.9. The molecule has 1 aliphatic heterocycles. The van der Waals surface area contributed by atoms with Crippen LogP contribution in [0.4, 0.5) is 16.3 Å². The summed E-state index contributed by atoms with van der Waals surface area (Å²) in [4.78, 5) is 29.0. The van der Waals surface area contributed by atoms with Gasteiger partial charge in [0.25, 0.3) is 5.56 Å². The third-order valence-corrected chi connectivity index (χ3v) is 5.98. The molecule has 1 N–H and O–H groups in total. The standard InChI is InChI=1S/C23H24BrN5O2/c1-17-7-9-18(10-8-17)29-22(30)12-11-21(26-29)27-13-4-14-28(16-15-27)23(31)25-20-6-3-2-5-19(20)24/h2-3,5-12H,4,13-16H2,1H3,(H,25,31). The molecule has 2 heterocycles. The number of carbonyl (C=O) groups is 1. The van der Waals surface area contributed by atoms with Crippen LogP contribution in [0.15, 0.2) is 69.9 Å². The molecule has 3 aromatic rings. The minimum atomic E-state index is -0.170. The topological polar surface area (TPSA) is 70.5 Å². The Labute approximate surface area is 189 Å². The van der Waals surface area contributed by atoms with Crippen LogP contribution in [0.3, 0.4) is 0 Å². The molecular formula is C23H24BrN5O2. The van der Waals surface area contributed by atoms with Crippen molar-refractivity contribution in [2.45, 2.75) is 13.3 Å². The molecule has 8 heteroatoms. The second kappa shape index (κ2) is 9.34. The smallest absolute Gasteiger partial charge is 0.321 e. The Hall–Kier alpha value is -3.13. The maximum Gasteiger partial charge on any atom is 0.321 e. The molecule has 31 heavy (non-hydrogen) atoms. The lowest BCUT2D eigenvalue weighted by atomic mass is 10.2. The van der Waals surface area contributed by atoms with E-state index in [1.807, 2.05) is 60.4 Å². The highest BCUT2D eigenvalue weighted by molar-refractivity contribution is 9.10. The fourth-order valence-electron chi connectivity index (χ4n) is 3.55. The van der Waals surface area contributed by atoms with Crippen molar-refractivity contribution < 1.29 is 4.79 Å². The van der Waals surface area contributed by atoms with Crippen molar-refractivity contribution >= 4 is 33.5 Å². The summed E-state index contributed by atoms with van der Waals surface area (Å²) in [5, 5.41) is 7.56. The van der Waals surface area contributed by atoms with Gasteiger partial charge in [0.1, 0.15) is 5.82 Å². The van der Waals surface area contributed by atoms with Gasteiger partial charge in [-0.3, -0.25) is 4.79 Å². The highest BCUT2D eigenvalue weighted by Crippen LogP contribution is 2.22. The van der Waals surface area contributed by atoms with Crippen LogP contribution < -0.4 is 15.8 Å². The second-order valence-corrected chi connectivity index (χ2v) is 8.37. The Morgan fingerprint density at radius 3 is 2.52 bits per heavy atom. The maximum absolute atomic E-state index is 12.7. The average Bonchev–Trinajstić information content (AvgIpc) is 3.03. The summed E-state index contributed by atoms with van der Waals surface area (Å²) in [7, 11) is 0. The van der Waals surface area contributed by atoms with Crippen LogP contribution in [0, 0.1) is 6.92 Å². The van der Waals surface area contributed by atoms with E-state index in [0.717, 1.165) is 40.2 Å². The quantitative estimate of drug-likeness (QED) is 0.612. The molecule has 7 nitrogen and oxygen atoms in total. The molecule has 0 saturated carbocycles. The van der Waals surface area contributed by atoms with Gasteiger partial charge in [-0.25, -0.2) is 4.79 Å². The van der Waals surface area contributed by atoms with Gasteiger partial charge < -0.3 is 15.1 Å². The van der Waals surface area contributed by atoms with Gasteiger partial charge in [-0.1, -0.05) is 29.8 Å². The van der Waals surface area contributed by atoms with Gasteiger partial charge in [-0.05, 0) is 59.6 Å². The summed E-state index contributed by atoms with van der Waals surface area (Å²) in [6.07, 6.45) is 0.814. The van der Waals surface area contributed by atoms with Gasteiger partial charge in [0, 0.05) is 36.7 Å². The predicted octanol–water partition coefficient (Wildman–Crippen LogP) is 4.05. The monoisotopic (exact) mass is 481 g/mol. The fourth-order valence-corrected chi connectivity index (χ4v) is 3.93. The Morgan fingerprint density at radius 1 is 0.968 bits per heavy atom. The van der Waals surface area contributed by atoms with Crippen LogP contribution in [-0.2, 0) is 0 Å². The summed E-state index contributed by atoms with van der Waals surface area (Å²) < 4.78 is 2.28. The van der Waals surface area contributed by atoms with E-state index in [-0.39, 0.29) is 11.6 Å². The van der Waals surface area contributed by atoms with Crippen molar-refractivity contribution in [3.8, 4) is 5.69 Å². The Bertz CT molecular complexity index is 1130.